The van der Waals surface area contributed by atoms with Crippen molar-refractivity contribution in [3.05, 3.63) is 40.7 Å². The second-order valence-electron chi connectivity index (χ2n) is 9.00. The number of hydrogen-bond donors (Lipinski definition) is 2. The van der Waals surface area contributed by atoms with Gasteiger partial charge in [-0.1, -0.05) is 18.5 Å². The number of rotatable bonds is 7. The van der Waals surface area contributed by atoms with E-state index < -0.39 is 33.1 Å². The molecule has 1 fully saturated rings. The fourth-order valence-corrected chi connectivity index (χ4v) is 4.78. The van der Waals surface area contributed by atoms with Crippen LogP contribution in [0.4, 0.5) is 16.4 Å². The van der Waals surface area contributed by atoms with Crippen LogP contribution in [0, 0.1) is 0 Å². The number of halogens is 1. The number of ether oxygens (including phenoxy) is 1. The fraction of sp³-hybridized carbons (Fsp3) is 0.455. The molecule has 1 heterocycles. The molecule has 2 N–H and O–H groups in total. The molecule has 12 heteroatoms. The Morgan fingerprint density at radius 1 is 1.21 bits per heavy atom. The maximum Gasteiger partial charge on any atom is 0.424 e. The minimum atomic E-state index is -4.12. The fourth-order valence-electron chi connectivity index (χ4n) is 3.38. The van der Waals surface area contributed by atoms with Crippen molar-refractivity contribution in [2.45, 2.75) is 62.9 Å². The van der Waals surface area contributed by atoms with Gasteiger partial charge in [-0.2, -0.15) is 0 Å². The van der Waals surface area contributed by atoms with Crippen LogP contribution in [-0.4, -0.2) is 52.5 Å². The van der Waals surface area contributed by atoms with Gasteiger partial charge in [0.05, 0.1) is 16.0 Å². The molecular weight excluding hydrogens is 484 g/mol. The molecule has 0 radical (unpaired) electrons. The second kappa shape index (κ2) is 9.03. The normalized spacial score (nSPS) is 14.9. The number of nitrogens with one attached hydrogen (secondary N) is 1. The quantitative estimate of drug-likeness (QED) is 0.526. The number of aryl methyl sites for hydroxylation is 1. The average Bonchev–Trinajstić information content (AvgIpc) is 3.53. The summed E-state index contributed by atoms with van der Waals surface area (Å²) in [7, 11) is -2.99. The van der Waals surface area contributed by atoms with Crippen LogP contribution in [0.25, 0.3) is 0 Å². The van der Waals surface area contributed by atoms with E-state index in [9.17, 15) is 23.1 Å². The molecule has 2 aromatic rings. The summed E-state index contributed by atoms with van der Waals surface area (Å²) < 4.78 is 31.2. The number of aliphatic carboxylic acids is 1. The first-order valence-corrected chi connectivity index (χ1v) is 12.4. The number of carboxylic acid groups (broad SMARTS) is 1. The Bertz CT molecular complexity index is 1220. The summed E-state index contributed by atoms with van der Waals surface area (Å²) in [6.45, 7) is 6.78. The second-order valence-corrected chi connectivity index (χ2v) is 11.3. The number of hydrogen-bond acceptors (Lipinski definition) is 8. The molecule has 0 bridgehead atoms. The lowest BCUT2D eigenvalue weighted by atomic mass is 9.95. The molecule has 10 nitrogen and oxygen atoms in total. The Morgan fingerprint density at radius 3 is 2.26 bits per heavy atom. The molecule has 34 heavy (non-hydrogen) atoms. The van der Waals surface area contributed by atoms with E-state index in [1.54, 1.807) is 20.8 Å². The molecule has 0 aliphatic heterocycles. The van der Waals surface area contributed by atoms with Crippen molar-refractivity contribution in [3.63, 3.8) is 0 Å². The first-order chi connectivity index (χ1) is 15.7. The van der Waals surface area contributed by atoms with Crippen LogP contribution >= 0.6 is 11.6 Å². The molecule has 184 valence electrons. The zero-order valence-electron chi connectivity index (χ0n) is 19.5. The highest BCUT2D eigenvalue weighted by Crippen LogP contribution is 2.51. The van der Waals surface area contributed by atoms with E-state index in [2.05, 4.69) is 15.3 Å². The molecule has 0 atom stereocenters. The van der Waals surface area contributed by atoms with Crippen molar-refractivity contribution in [1.29, 1.82) is 0 Å². The van der Waals surface area contributed by atoms with Crippen LogP contribution in [0.3, 0.4) is 0 Å². The van der Waals surface area contributed by atoms with Gasteiger partial charge in [0.1, 0.15) is 10.8 Å². The Kier molecular flexibility index (Phi) is 6.82. The Morgan fingerprint density at radius 2 is 1.79 bits per heavy atom. The molecule has 1 aromatic carbocycles. The van der Waals surface area contributed by atoms with Gasteiger partial charge >= 0.3 is 12.1 Å². The van der Waals surface area contributed by atoms with Crippen LogP contribution in [-0.2, 0) is 31.4 Å². The Hall–Kier alpha value is -2.92. The molecule has 1 saturated carbocycles. The molecular formula is C22H27ClN4O6S. The van der Waals surface area contributed by atoms with Gasteiger partial charge in [-0.3, -0.25) is 4.79 Å². The highest BCUT2D eigenvalue weighted by Gasteiger charge is 2.54. The third kappa shape index (κ3) is 5.10. The van der Waals surface area contributed by atoms with Gasteiger partial charge in [-0.25, -0.2) is 27.5 Å². The summed E-state index contributed by atoms with van der Waals surface area (Å²) in [4.78, 5) is 32.5. The molecule has 1 amide bonds. The lowest BCUT2D eigenvalue weighted by Crippen LogP contribution is -2.38. The number of carbonyl (C=O) groups is 2. The maximum absolute atomic E-state index is 12.8. The van der Waals surface area contributed by atoms with Crippen LogP contribution in [0.1, 0.15) is 51.8 Å². The SMILES string of the molecule is CCc1nc(Nc2ccc(S(=O)(=O)N(C)C(=O)OC(C)(C)C)cc2)nc(Cl)c1C1(C(=O)O)CC1. The van der Waals surface area contributed by atoms with Crippen molar-refractivity contribution < 1.29 is 27.9 Å². The Labute approximate surface area is 203 Å². The largest absolute Gasteiger partial charge is 0.481 e. The molecule has 0 saturated heterocycles. The summed E-state index contributed by atoms with van der Waals surface area (Å²) in [6.07, 6.45) is 0.451. The predicted octanol–water partition coefficient (Wildman–Crippen LogP) is 4.11. The van der Waals surface area contributed by atoms with Crippen LogP contribution in [0.2, 0.25) is 5.15 Å². The number of anilines is 2. The van der Waals surface area contributed by atoms with Gasteiger partial charge in [0.15, 0.2) is 0 Å². The third-order valence-electron chi connectivity index (χ3n) is 5.33. The highest BCUT2D eigenvalue weighted by atomic mass is 35.5. The molecule has 0 spiro atoms. The van der Waals surface area contributed by atoms with E-state index in [0.717, 1.165) is 7.05 Å². The summed E-state index contributed by atoms with van der Waals surface area (Å²) >= 11 is 6.36. The average molecular weight is 511 g/mol. The zero-order valence-corrected chi connectivity index (χ0v) is 21.1. The van der Waals surface area contributed by atoms with E-state index in [-0.39, 0.29) is 16.0 Å². The Balaban J connectivity index is 1.82. The van der Waals surface area contributed by atoms with E-state index >= 15 is 0 Å². The summed E-state index contributed by atoms with van der Waals surface area (Å²) in [5.74, 6) is -0.783. The van der Waals surface area contributed by atoms with Gasteiger partial charge in [0.25, 0.3) is 10.0 Å². The summed E-state index contributed by atoms with van der Waals surface area (Å²) in [5, 5.41) is 12.6. The minimum Gasteiger partial charge on any atom is -0.481 e. The summed E-state index contributed by atoms with van der Waals surface area (Å²) in [5.41, 5.74) is -0.408. The number of benzene rings is 1. The monoisotopic (exact) mass is 510 g/mol. The molecule has 1 aliphatic carbocycles. The zero-order chi connectivity index (χ0) is 25.5. The number of nitrogens with zero attached hydrogens (tertiary/aromatic N) is 3. The van der Waals surface area contributed by atoms with Crippen molar-refractivity contribution in [2.75, 3.05) is 12.4 Å². The first-order valence-electron chi connectivity index (χ1n) is 10.6. The van der Waals surface area contributed by atoms with Gasteiger partial charge < -0.3 is 15.2 Å². The van der Waals surface area contributed by atoms with Crippen LogP contribution in [0.5, 0.6) is 0 Å². The van der Waals surface area contributed by atoms with Gasteiger partial charge in [-0.05, 0) is 64.3 Å². The first kappa shape index (κ1) is 25.7. The lowest BCUT2D eigenvalue weighted by Gasteiger charge is -2.24. The van der Waals surface area contributed by atoms with Gasteiger partial charge in [0, 0.05) is 18.3 Å². The number of sulfonamides is 1. The van der Waals surface area contributed by atoms with Crippen LogP contribution < -0.4 is 5.32 Å². The van der Waals surface area contributed by atoms with E-state index in [1.807, 2.05) is 6.92 Å². The standard InChI is InChI=1S/C22H27ClN4O6S/c1-6-15-16(22(11-12-22)18(28)29)17(23)26-19(25-15)24-13-7-9-14(10-8-13)34(31,32)27(5)20(30)33-21(2,3)4/h7-10H,6,11-12H2,1-5H3,(H,28,29)(H,24,25,26). The molecule has 3 rings (SSSR count). The van der Waals surface area contributed by atoms with Gasteiger partial charge in [0.2, 0.25) is 5.95 Å². The van der Waals surface area contributed by atoms with Crippen molar-refractivity contribution in [3.8, 4) is 0 Å². The van der Waals surface area contributed by atoms with Crippen LogP contribution in [0.15, 0.2) is 29.2 Å². The molecule has 1 aliphatic rings. The molecule has 1 aromatic heterocycles. The number of carboxylic acids is 1. The predicted molar refractivity (Wildman–Crippen MR) is 126 cm³/mol. The molecule has 0 unspecified atom stereocenters. The van der Waals surface area contributed by atoms with E-state index in [0.29, 0.717) is 40.5 Å². The van der Waals surface area contributed by atoms with Crippen molar-refractivity contribution in [1.82, 2.24) is 14.3 Å². The van der Waals surface area contributed by atoms with Crippen molar-refractivity contribution in [2.24, 2.45) is 0 Å². The number of amides is 1. The van der Waals surface area contributed by atoms with E-state index in [1.165, 1.54) is 24.3 Å². The third-order valence-corrected chi connectivity index (χ3v) is 7.34. The topological polar surface area (TPSA) is 139 Å². The summed E-state index contributed by atoms with van der Waals surface area (Å²) in [6, 6.07) is 5.65. The number of aromatic nitrogens is 2. The smallest absolute Gasteiger partial charge is 0.424 e. The van der Waals surface area contributed by atoms with Gasteiger partial charge in [-0.15, -0.1) is 0 Å². The maximum atomic E-state index is 12.8. The van der Waals surface area contributed by atoms with E-state index in [4.69, 9.17) is 16.3 Å². The van der Waals surface area contributed by atoms with Crippen molar-refractivity contribution >= 4 is 45.3 Å². The lowest BCUT2D eigenvalue weighted by molar-refractivity contribution is -0.140. The number of carbonyl (C=O) groups excluding carboxylic acids is 1. The highest BCUT2D eigenvalue weighted by molar-refractivity contribution is 7.89. The minimum absolute atomic E-state index is 0.0763.